The Kier molecular flexibility index (Phi) is 7.45. The number of fused-ring (bicyclic) bond motifs is 2. The van der Waals surface area contributed by atoms with Gasteiger partial charge in [-0.15, -0.1) is 0 Å². The van der Waals surface area contributed by atoms with E-state index >= 15 is 0 Å². The Bertz CT molecular complexity index is 1290. The first-order valence-corrected chi connectivity index (χ1v) is 12.8. The molecule has 3 heterocycles. The van der Waals surface area contributed by atoms with Crippen LogP contribution in [0.2, 0.25) is 5.02 Å². The molecule has 2 N–H and O–H groups in total. The molecule has 0 aliphatic carbocycles. The van der Waals surface area contributed by atoms with Crippen LogP contribution in [0.3, 0.4) is 0 Å². The number of hydrogen-bond acceptors (Lipinski definition) is 7. The highest BCUT2D eigenvalue weighted by Crippen LogP contribution is 2.25. The van der Waals surface area contributed by atoms with E-state index in [1.54, 1.807) is 0 Å². The average Bonchev–Trinajstić information content (AvgIpc) is 2.90. The summed E-state index contributed by atoms with van der Waals surface area (Å²) in [5, 5.41) is 10.0. The van der Waals surface area contributed by atoms with Crippen LogP contribution in [-0.4, -0.2) is 65.7 Å². The van der Waals surface area contributed by atoms with Crippen LogP contribution in [-0.2, 0) is 0 Å². The molecule has 35 heavy (non-hydrogen) atoms. The smallest absolute Gasteiger partial charge is 0.227 e. The summed E-state index contributed by atoms with van der Waals surface area (Å²) in [5.74, 6) is 1.75. The van der Waals surface area contributed by atoms with E-state index in [9.17, 15) is 0 Å². The fourth-order valence-corrected chi connectivity index (χ4v) is 4.73. The standard InChI is InChI=1S/C27H32ClN7/c1-2-34-15-17-35(18-16-34)27-32-24-8-4-3-7-22(24)26(33-27)31-13-6-5-12-29-23-11-14-30-25-19-20(28)9-10-21(23)25/h3-4,7-11,14,19H,2,5-6,12-13,15-18H2,1H3,(H,29,30)(H,31,32,33). The summed E-state index contributed by atoms with van der Waals surface area (Å²) in [6, 6.07) is 16.1. The molecule has 0 unspecified atom stereocenters. The van der Waals surface area contributed by atoms with Crippen molar-refractivity contribution in [3.8, 4) is 0 Å². The monoisotopic (exact) mass is 489 g/mol. The van der Waals surface area contributed by atoms with E-state index in [0.29, 0.717) is 5.02 Å². The zero-order valence-corrected chi connectivity index (χ0v) is 20.9. The van der Waals surface area contributed by atoms with E-state index in [0.717, 1.165) is 97.9 Å². The maximum Gasteiger partial charge on any atom is 0.227 e. The van der Waals surface area contributed by atoms with E-state index in [2.05, 4.69) is 44.5 Å². The number of nitrogens with zero attached hydrogens (tertiary/aromatic N) is 5. The highest BCUT2D eigenvalue weighted by Gasteiger charge is 2.19. The molecule has 0 bridgehead atoms. The van der Waals surface area contributed by atoms with Crippen LogP contribution in [0.25, 0.3) is 21.8 Å². The van der Waals surface area contributed by atoms with Crippen LogP contribution in [0.5, 0.6) is 0 Å². The van der Waals surface area contributed by atoms with Crippen LogP contribution >= 0.6 is 11.6 Å². The van der Waals surface area contributed by atoms with Crippen molar-refractivity contribution in [1.29, 1.82) is 0 Å². The van der Waals surface area contributed by atoms with Gasteiger partial charge in [0.15, 0.2) is 0 Å². The van der Waals surface area contributed by atoms with Gasteiger partial charge in [-0.05, 0) is 55.8 Å². The third-order valence-electron chi connectivity index (χ3n) is 6.61. The van der Waals surface area contributed by atoms with Gasteiger partial charge in [0.05, 0.1) is 11.0 Å². The molecule has 0 atom stereocenters. The second kappa shape index (κ2) is 11.1. The fraction of sp³-hybridized carbons (Fsp3) is 0.370. The van der Waals surface area contributed by atoms with E-state index in [4.69, 9.17) is 21.6 Å². The van der Waals surface area contributed by atoms with Crippen LogP contribution in [0.15, 0.2) is 54.7 Å². The van der Waals surface area contributed by atoms with Crippen LogP contribution in [0, 0.1) is 0 Å². The van der Waals surface area contributed by atoms with Gasteiger partial charge in [0.1, 0.15) is 5.82 Å². The number of nitrogens with one attached hydrogen (secondary N) is 2. The van der Waals surface area contributed by atoms with E-state index in [1.807, 2.05) is 42.6 Å². The molecular weight excluding hydrogens is 458 g/mol. The number of halogens is 1. The van der Waals surface area contributed by atoms with Gasteiger partial charge >= 0.3 is 0 Å². The number of piperazine rings is 1. The molecule has 2 aromatic heterocycles. The number of benzene rings is 2. The zero-order valence-electron chi connectivity index (χ0n) is 20.2. The van der Waals surface area contributed by atoms with Crippen LogP contribution < -0.4 is 15.5 Å². The molecule has 1 saturated heterocycles. The van der Waals surface area contributed by atoms with Gasteiger partial charge in [0.2, 0.25) is 5.95 Å². The predicted molar refractivity (Wildman–Crippen MR) is 147 cm³/mol. The van der Waals surface area contributed by atoms with Crippen molar-refractivity contribution in [3.05, 3.63) is 59.8 Å². The molecule has 1 aliphatic rings. The number of pyridine rings is 1. The highest BCUT2D eigenvalue weighted by molar-refractivity contribution is 6.31. The van der Waals surface area contributed by atoms with Crippen LogP contribution in [0.4, 0.5) is 17.5 Å². The molecule has 7 nitrogen and oxygen atoms in total. The molecule has 4 aromatic rings. The first kappa shape index (κ1) is 23.6. The zero-order chi connectivity index (χ0) is 24.0. The number of aromatic nitrogens is 3. The minimum absolute atomic E-state index is 0.705. The molecule has 2 aromatic carbocycles. The Morgan fingerprint density at radius 1 is 0.857 bits per heavy atom. The highest BCUT2D eigenvalue weighted by atomic mass is 35.5. The Hall–Kier alpha value is -3.16. The van der Waals surface area contributed by atoms with Crippen molar-refractivity contribution in [2.75, 3.05) is 61.3 Å². The summed E-state index contributed by atoms with van der Waals surface area (Å²) in [5.41, 5.74) is 2.99. The lowest BCUT2D eigenvalue weighted by Gasteiger charge is -2.34. The summed E-state index contributed by atoms with van der Waals surface area (Å²) in [7, 11) is 0. The Morgan fingerprint density at radius 3 is 2.49 bits per heavy atom. The number of rotatable bonds is 9. The summed E-state index contributed by atoms with van der Waals surface area (Å²) < 4.78 is 0. The van der Waals surface area contributed by atoms with Crippen molar-refractivity contribution >= 4 is 50.9 Å². The second-order valence-electron chi connectivity index (χ2n) is 8.89. The molecule has 182 valence electrons. The normalized spacial score (nSPS) is 14.5. The SMILES string of the molecule is CCN1CCN(c2nc(NCCCCNc3ccnc4cc(Cl)ccc34)c3ccccc3n2)CC1. The van der Waals surface area contributed by atoms with Crippen molar-refractivity contribution in [3.63, 3.8) is 0 Å². The van der Waals surface area contributed by atoms with Gasteiger partial charge in [0, 0.05) is 66.9 Å². The maximum absolute atomic E-state index is 6.10. The van der Waals surface area contributed by atoms with E-state index in [-0.39, 0.29) is 0 Å². The average molecular weight is 490 g/mol. The van der Waals surface area contributed by atoms with Crippen molar-refractivity contribution < 1.29 is 0 Å². The second-order valence-corrected chi connectivity index (χ2v) is 9.33. The molecule has 0 saturated carbocycles. The van der Waals surface area contributed by atoms with Crippen molar-refractivity contribution in [1.82, 2.24) is 19.9 Å². The Morgan fingerprint density at radius 2 is 1.66 bits per heavy atom. The summed E-state index contributed by atoms with van der Waals surface area (Å²) in [6.07, 6.45) is 3.90. The molecule has 0 radical (unpaired) electrons. The van der Waals surface area contributed by atoms with E-state index in [1.165, 1.54) is 0 Å². The largest absolute Gasteiger partial charge is 0.384 e. The van der Waals surface area contributed by atoms with Gasteiger partial charge in [-0.2, -0.15) is 4.98 Å². The molecule has 0 spiro atoms. The van der Waals surface area contributed by atoms with Gasteiger partial charge in [-0.25, -0.2) is 4.98 Å². The molecular formula is C27H32ClN7. The maximum atomic E-state index is 6.10. The number of para-hydroxylation sites is 1. The lowest BCUT2D eigenvalue weighted by atomic mass is 10.2. The molecule has 0 amide bonds. The Labute approximate surface area is 211 Å². The fourth-order valence-electron chi connectivity index (χ4n) is 4.56. The van der Waals surface area contributed by atoms with Crippen molar-refractivity contribution in [2.45, 2.75) is 19.8 Å². The van der Waals surface area contributed by atoms with Gasteiger partial charge in [0.25, 0.3) is 0 Å². The van der Waals surface area contributed by atoms with Crippen LogP contribution in [0.1, 0.15) is 19.8 Å². The molecule has 5 rings (SSSR count). The lowest BCUT2D eigenvalue weighted by molar-refractivity contribution is 0.270. The number of anilines is 3. The van der Waals surface area contributed by atoms with E-state index < -0.39 is 0 Å². The van der Waals surface area contributed by atoms with Gasteiger partial charge < -0.3 is 20.4 Å². The topological polar surface area (TPSA) is 69.2 Å². The lowest BCUT2D eigenvalue weighted by Crippen LogP contribution is -2.46. The first-order valence-electron chi connectivity index (χ1n) is 12.5. The quantitative estimate of drug-likeness (QED) is 0.310. The predicted octanol–water partition coefficient (Wildman–Crippen LogP) is 5.28. The molecule has 1 fully saturated rings. The third-order valence-corrected chi connectivity index (χ3v) is 6.85. The van der Waals surface area contributed by atoms with Gasteiger partial charge in [-0.3, -0.25) is 4.98 Å². The summed E-state index contributed by atoms with van der Waals surface area (Å²) >= 11 is 6.10. The summed E-state index contributed by atoms with van der Waals surface area (Å²) in [6.45, 7) is 9.11. The van der Waals surface area contributed by atoms with Gasteiger partial charge in [-0.1, -0.05) is 30.7 Å². The summed E-state index contributed by atoms with van der Waals surface area (Å²) in [4.78, 5) is 19.0. The Balaban J connectivity index is 1.18. The third kappa shape index (κ3) is 5.57. The minimum atomic E-state index is 0.705. The molecule has 1 aliphatic heterocycles. The molecule has 8 heteroatoms. The number of likely N-dealkylation sites (N-methyl/N-ethyl adjacent to an activating group) is 1. The number of hydrogen-bond donors (Lipinski definition) is 2. The first-order chi connectivity index (χ1) is 17.2. The number of unbranched alkanes of at least 4 members (excludes halogenated alkanes) is 1. The minimum Gasteiger partial charge on any atom is -0.384 e. The van der Waals surface area contributed by atoms with Crippen molar-refractivity contribution in [2.24, 2.45) is 0 Å².